The summed E-state index contributed by atoms with van der Waals surface area (Å²) in [5.74, 6) is 0. The maximum atomic E-state index is 13.0. The third kappa shape index (κ3) is 2.89. The number of benzene rings is 2. The monoisotopic (exact) mass is 382 g/mol. The zero-order chi connectivity index (χ0) is 19.3. The van der Waals surface area contributed by atoms with Crippen LogP contribution in [0.1, 0.15) is 27.9 Å². The lowest BCUT2D eigenvalue weighted by molar-refractivity contribution is 0.387. The molecule has 4 rings (SSSR count). The normalized spacial score (nSPS) is 15.1. The summed E-state index contributed by atoms with van der Waals surface area (Å²) < 4.78 is 27.4. The first kappa shape index (κ1) is 17.9. The molecule has 2 aromatic carbocycles. The molecule has 0 spiro atoms. The highest BCUT2D eigenvalue weighted by atomic mass is 32.2. The molecule has 1 aromatic heterocycles. The van der Waals surface area contributed by atoms with Gasteiger partial charge in [-0.3, -0.25) is 4.79 Å². The molecule has 0 unspecified atom stereocenters. The fourth-order valence-corrected chi connectivity index (χ4v) is 5.04. The number of hydrogen-bond donors (Lipinski definition) is 1. The Morgan fingerprint density at radius 1 is 1.00 bits per heavy atom. The average molecular weight is 382 g/mol. The third-order valence-electron chi connectivity index (χ3n) is 5.50. The Hall–Kier alpha value is -2.44. The van der Waals surface area contributed by atoms with E-state index in [1.807, 2.05) is 32.9 Å². The minimum absolute atomic E-state index is 0.0781. The smallest absolute Gasteiger partial charge is 0.243 e. The van der Waals surface area contributed by atoms with E-state index in [4.69, 9.17) is 0 Å². The molecular formula is C21H22N2O3S. The molecule has 1 aliphatic heterocycles. The SMILES string of the molecule is Cc1ccc(S(=O)(=O)N2CCc3[nH]c4c(C)c(C)ccc4c(=O)c3C2)cc1. The van der Waals surface area contributed by atoms with Gasteiger partial charge in [0.15, 0.2) is 5.43 Å². The summed E-state index contributed by atoms with van der Waals surface area (Å²) in [6, 6.07) is 10.6. The van der Waals surface area contributed by atoms with Crippen molar-refractivity contribution in [3.05, 3.63) is 74.6 Å². The molecule has 6 heteroatoms. The molecule has 0 fully saturated rings. The van der Waals surface area contributed by atoms with Crippen LogP contribution in [0.15, 0.2) is 46.1 Å². The van der Waals surface area contributed by atoms with Gasteiger partial charge in [0.2, 0.25) is 10.0 Å². The first-order chi connectivity index (χ1) is 12.8. The summed E-state index contributed by atoms with van der Waals surface area (Å²) in [7, 11) is -3.63. The second-order valence-electron chi connectivity index (χ2n) is 7.24. The summed E-state index contributed by atoms with van der Waals surface area (Å²) in [4.78, 5) is 16.7. The van der Waals surface area contributed by atoms with E-state index in [0.29, 0.717) is 23.9 Å². The predicted molar refractivity (Wildman–Crippen MR) is 107 cm³/mol. The molecule has 0 saturated carbocycles. The molecule has 2 heterocycles. The van der Waals surface area contributed by atoms with Gasteiger partial charge in [-0.1, -0.05) is 23.8 Å². The van der Waals surface area contributed by atoms with Crippen LogP contribution in [-0.4, -0.2) is 24.3 Å². The van der Waals surface area contributed by atoms with E-state index >= 15 is 0 Å². The van der Waals surface area contributed by atoms with E-state index in [-0.39, 0.29) is 16.9 Å². The predicted octanol–water partition coefficient (Wildman–Crippen LogP) is 3.20. The Bertz CT molecular complexity index is 1210. The summed E-state index contributed by atoms with van der Waals surface area (Å²) >= 11 is 0. The summed E-state index contributed by atoms with van der Waals surface area (Å²) in [5, 5.41) is 0.617. The van der Waals surface area contributed by atoms with Crippen molar-refractivity contribution < 1.29 is 8.42 Å². The van der Waals surface area contributed by atoms with Crippen molar-refractivity contribution in [2.45, 2.75) is 38.6 Å². The largest absolute Gasteiger partial charge is 0.358 e. The van der Waals surface area contributed by atoms with Crippen LogP contribution >= 0.6 is 0 Å². The fourth-order valence-electron chi connectivity index (χ4n) is 3.63. The van der Waals surface area contributed by atoms with Crippen LogP contribution in [0.4, 0.5) is 0 Å². The molecule has 1 aliphatic rings. The number of sulfonamides is 1. The highest BCUT2D eigenvalue weighted by Gasteiger charge is 2.30. The van der Waals surface area contributed by atoms with Crippen LogP contribution in [0.3, 0.4) is 0 Å². The second kappa shape index (κ2) is 6.32. The number of aromatic nitrogens is 1. The van der Waals surface area contributed by atoms with Gasteiger partial charge in [0.05, 0.1) is 10.4 Å². The maximum Gasteiger partial charge on any atom is 0.243 e. The van der Waals surface area contributed by atoms with Gasteiger partial charge in [0, 0.05) is 36.2 Å². The van der Waals surface area contributed by atoms with Gasteiger partial charge in [-0.05, 0) is 50.1 Å². The highest BCUT2D eigenvalue weighted by Crippen LogP contribution is 2.26. The first-order valence-electron chi connectivity index (χ1n) is 9.00. The number of fused-ring (bicyclic) bond motifs is 2. The van der Waals surface area contributed by atoms with Crippen LogP contribution in [0, 0.1) is 20.8 Å². The zero-order valence-corrected chi connectivity index (χ0v) is 16.5. The number of aromatic amines is 1. The number of hydrogen-bond acceptors (Lipinski definition) is 3. The quantitative estimate of drug-likeness (QED) is 0.740. The van der Waals surface area contributed by atoms with Crippen molar-refractivity contribution in [1.29, 1.82) is 0 Å². The second-order valence-corrected chi connectivity index (χ2v) is 9.18. The van der Waals surface area contributed by atoms with Crippen molar-refractivity contribution in [2.75, 3.05) is 6.54 Å². The van der Waals surface area contributed by atoms with E-state index in [1.165, 1.54) is 4.31 Å². The Morgan fingerprint density at radius 3 is 2.41 bits per heavy atom. The number of rotatable bonds is 2. The van der Waals surface area contributed by atoms with Gasteiger partial charge >= 0.3 is 0 Å². The molecule has 0 bridgehead atoms. The van der Waals surface area contributed by atoms with Crippen LogP contribution in [-0.2, 0) is 23.0 Å². The van der Waals surface area contributed by atoms with E-state index < -0.39 is 10.0 Å². The van der Waals surface area contributed by atoms with E-state index in [1.54, 1.807) is 24.3 Å². The molecule has 0 atom stereocenters. The fraction of sp³-hybridized carbons (Fsp3) is 0.286. The first-order valence-corrected chi connectivity index (χ1v) is 10.4. The van der Waals surface area contributed by atoms with Crippen molar-refractivity contribution >= 4 is 20.9 Å². The van der Waals surface area contributed by atoms with E-state index in [9.17, 15) is 13.2 Å². The Balaban J connectivity index is 1.79. The van der Waals surface area contributed by atoms with Gasteiger partial charge in [0.25, 0.3) is 0 Å². The van der Waals surface area contributed by atoms with Crippen molar-refractivity contribution in [2.24, 2.45) is 0 Å². The average Bonchev–Trinajstić information content (AvgIpc) is 2.65. The van der Waals surface area contributed by atoms with Gasteiger partial charge < -0.3 is 4.98 Å². The molecular weight excluding hydrogens is 360 g/mol. The molecule has 140 valence electrons. The Morgan fingerprint density at radius 2 is 1.70 bits per heavy atom. The molecule has 0 aliphatic carbocycles. The minimum Gasteiger partial charge on any atom is -0.358 e. The Kier molecular flexibility index (Phi) is 4.20. The minimum atomic E-state index is -3.63. The molecule has 0 saturated heterocycles. The lowest BCUT2D eigenvalue weighted by Crippen LogP contribution is -2.39. The molecule has 0 radical (unpaired) electrons. The highest BCUT2D eigenvalue weighted by molar-refractivity contribution is 7.89. The summed E-state index contributed by atoms with van der Waals surface area (Å²) in [6.45, 7) is 6.39. The maximum absolute atomic E-state index is 13.0. The van der Waals surface area contributed by atoms with Gasteiger partial charge in [-0.25, -0.2) is 8.42 Å². The lowest BCUT2D eigenvalue weighted by atomic mass is 9.99. The lowest BCUT2D eigenvalue weighted by Gasteiger charge is -2.28. The third-order valence-corrected chi connectivity index (χ3v) is 7.36. The number of pyridine rings is 1. The van der Waals surface area contributed by atoms with Crippen LogP contribution in [0.25, 0.3) is 10.9 Å². The van der Waals surface area contributed by atoms with Crippen LogP contribution < -0.4 is 5.43 Å². The van der Waals surface area contributed by atoms with Gasteiger partial charge in [-0.2, -0.15) is 4.31 Å². The van der Waals surface area contributed by atoms with Gasteiger partial charge in [0.1, 0.15) is 0 Å². The summed E-state index contributed by atoms with van der Waals surface area (Å²) in [5.41, 5.74) is 5.36. The zero-order valence-electron chi connectivity index (χ0n) is 15.7. The van der Waals surface area contributed by atoms with Crippen molar-refractivity contribution in [3.63, 3.8) is 0 Å². The molecule has 1 N–H and O–H groups in total. The summed E-state index contributed by atoms with van der Waals surface area (Å²) in [6.07, 6.45) is 0.499. The van der Waals surface area contributed by atoms with Crippen molar-refractivity contribution in [1.82, 2.24) is 9.29 Å². The van der Waals surface area contributed by atoms with Gasteiger partial charge in [-0.15, -0.1) is 0 Å². The van der Waals surface area contributed by atoms with E-state index in [2.05, 4.69) is 4.98 Å². The number of nitrogens with one attached hydrogen (secondary N) is 1. The number of aryl methyl sites for hydroxylation is 3. The molecule has 0 amide bonds. The van der Waals surface area contributed by atoms with E-state index in [0.717, 1.165) is 27.9 Å². The Labute approximate surface area is 158 Å². The van der Waals surface area contributed by atoms with Crippen LogP contribution in [0.5, 0.6) is 0 Å². The topological polar surface area (TPSA) is 70.2 Å². The molecule has 3 aromatic rings. The molecule has 5 nitrogen and oxygen atoms in total. The standard InChI is InChI=1S/C21H22N2O3S/c1-13-4-7-16(8-5-13)27(25,26)23-11-10-19-18(12-23)21(24)17-9-6-14(2)15(3)20(17)22-19/h4-9H,10-12H2,1-3H3,(H,22,24). The van der Waals surface area contributed by atoms with Crippen LogP contribution in [0.2, 0.25) is 0 Å². The van der Waals surface area contributed by atoms with Crippen molar-refractivity contribution in [3.8, 4) is 0 Å². The number of H-pyrrole nitrogens is 1. The number of nitrogens with zero attached hydrogens (tertiary/aromatic N) is 1. The molecule has 27 heavy (non-hydrogen) atoms.